The van der Waals surface area contributed by atoms with Gasteiger partial charge in [-0.15, -0.1) is 0 Å². The lowest BCUT2D eigenvalue weighted by Gasteiger charge is -2.10. The summed E-state index contributed by atoms with van der Waals surface area (Å²) < 4.78 is 32.9. The van der Waals surface area contributed by atoms with E-state index in [1.54, 1.807) is 0 Å². The molecule has 0 radical (unpaired) electrons. The Balaban J connectivity index is 1.69. The zero-order valence-electron chi connectivity index (χ0n) is 13.6. The molecule has 2 heterocycles. The molecule has 10 heteroatoms. The van der Waals surface area contributed by atoms with E-state index < -0.39 is 30.1 Å². The first-order chi connectivity index (χ1) is 12.5. The number of carbonyl (C=O) groups is 2. The Kier molecular flexibility index (Phi) is 4.83. The highest BCUT2D eigenvalue weighted by atomic mass is 19.1. The fraction of sp³-hybridized carbons (Fsp3) is 0.188. The average molecular weight is 361 g/mol. The molecule has 0 spiro atoms. The maximum absolute atomic E-state index is 13.5. The number of hydrogen-bond acceptors (Lipinski definition) is 6. The first kappa shape index (κ1) is 17.4. The van der Waals surface area contributed by atoms with E-state index in [0.29, 0.717) is 17.9 Å². The Morgan fingerprint density at radius 3 is 2.85 bits per heavy atom. The number of rotatable bonds is 5. The highest BCUT2D eigenvalue weighted by molar-refractivity contribution is 5.96. The molecule has 134 valence electrons. The van der Waals surface area contributed by atoms with E-state index in [9.17, 15) is 18.4 Å². The van der Waals surface area contributed by atoms with Crippen LogP contribution in [0, 0.1) is 11.6 Å². The van der Waals surface area contributed by atoms with Crippen LogP contribution in [0.1, 0.15) is 23.0 Å². The highest BCUT2D eigenvalue weighted by Gasteiger charge is 2.18. The maximum Gasteiger partial charge on any atom is 0.342 e. The normalized spacial score (nSPS) is 10.7. The molecule has 1 amide bonds. The van der Waals surface area contributed by atoms with Crippen molar-refractivity contribution in [3.63, 3.8) is 0 Å². The molecular weight excluding hydrogens is 348 g/mol. The SMILES string of the molecule is CCc1c(C(=O)OCC(=O)Nc2cc(F)ccc2F)cnc2ncnn12. The first-order valence-corrected chi connectivity index (χ1v) is 7.59. The monoisotopic (exact) mass is 361 g/mol. The van der Waals surface area contributed by atoms with E-state index >= 15 is 0 Å². The van der Waals surface area contributed by atoms with Crippen molar-refractivity contribution < 1.29 is 23.1 Å². The van der Waals surface area contributed by atoms with Gasteiger partial charge in [-0.2, -0.15) is 10.1 Å². The van der Waals surface area contributed by atoms with Crippen molar-refractivity contribution in [2.75, 3.05) is 11.9 Å². The van der Waals surface area contributed by atoms with Gasteiger partial charge in [0.1, 0.15) is 18.0 Å². The highest BCUT2D eigenvalue weighted by Crippen LogP contribution is 2.15. The number of halogens is 2. The second kappa shape index (κ2) is 7.21. The number of aryl methyl sites for hydroxylation is 1. The summed E-state index contributed by atoms with van der Waals surface area (Å²) in [6.07, 6.45) is 3.04. The van der Waals surface area contributed by atoms with Crippen molar-refractivity contribution in [3.05, 3.63) is 53.6 Å². The third-order valence-corrected chi connectivity index (χ3v) is 3.50. The van der Waals surface area contributed by atoms with E-state index in [1.165, 1.54) is 17.0 Å². The van der Waals surface area contributed by atoms with Crippen LogP contribution in [-0.2, 0) is 16.0 Å². The van der Waals surface area contributed by atoms with Crippen molar-refractivity contribution in [1.29, 1.82) is 0 Å². The van der Waals surface area contributed by atoms with Crippen molar-refractivity contribution in [1.82, 2.24) is 19.6 Å². The minimum Gasteiger partial charge on any atom is -0.452 e. The summed E-state index contributed by atoms with van der Waals surface area (Å²) in [6, 6.07) is 2.63. The van der Waals surface area contributed by atoms with Gasteiger partial charge in [-0.3, -0.25) is 4.79 Å². The molecular formula is C16H13F2N5O3. The van der Waals surface area contributed by atoms with Gasteiger partial charge in [0.2, 0.25) is 0 Å². The number of anilines is 1. The molecule has 3 aromatic rings. The van der Waals surface area contributed by atoms with Crippen LogP contribution in [-0.4, -0.2) is 38.1 Å². The molecule has 0 aliphatic heterocycles. The van der Waals surface area contributed by atoms with Gasteiger partial charge in [0.05, 0.1) is 16.9 Å². The fourth-order valence-corrected chi connectivity index (χ4v) is 2.32. The van der Waals surface area contributed by atoms with Gasteiger partial charge in [0.25, 0.3) is 11.7 Å². The summed E-state index contributed by atoms with van der Waals surface area (Å²) in [5, 5.41) is 6.12. The molecule has 8 nitrogen and oxygen atoms in total. The van der Waals surface area contributed by atoms with Crippen LogP contribution in [0.2, 0.25) is 0 Å². The van der Waals surface area contributed by atoms with Crippen LogP contribution in [0.15, 0.2) is 30.7 Å². The van der Waals surface area contributed by atoms with Crippen molar-refractivity contribution in [3.8, 4) is 0 Å². The summed E-state index contributed by atoms with van der Waals surface area (Å²) in [6.45, 7) is 1.14. The van der Waals surface area contributed by atoms with Crippen molar-refractivity contribution in [2.45, 2.75) is 13.3 Å². The second-order valence-electron chi connectivity index (χ2n) is 5.19. The predicted molar refractivity (Wildman–Crippen MR) is 85.4 cm³/mol. The van der Waals surface area contributed by atoms with E-state index in [-0.39, 0.29) is 11.3 Å². The van der Waals surface area contributed by atoms with Gasteiger partial charge < -0.3 is 10.1 Å². The molecule has 1 aromatic carbocycles. The Bertz CT molecular complexity index is 989. The summed E-state index contributed by atoms with van der Waals surface area (Å²) in [5.74, 6) is -2.78. The van der Waals surface area contributed by atoms with Crippen molar-refractivity contribution >= 4 is 23.3 Å². The lowest BCUT2D eigenvalue weighted by atomic mass is 10.2. The predicted octanol–water partition coefficient (Wildman–Crippen LogP) is 1.76. The molecule has 0 aliphatic rings. The molecule has 0 bridgehead atoms. The molecule has 0 saturated carbocycles. The number of hydrogen-bond donors (Lipinski definition) is 1. The van der Waals surface area contributed by atoms with Gasteiger partial charge in [0, 0.05) is 12.3 Å². The van der Waals surface area contributed by atoms with Crippen LogP contribution in [0.3, 0.4) is 0 Å². The largest absolute Gasteiger partial charge is 0.452 e. The summed E-state index contributed by atoms with van der Waals surface area (Å²) in [4.78, 5) is 32.0. The van der Waals surface area contributed by atoms with Crippen molar-refractivity contribution in [2.24, 2.45) is 0 Å². The number of amides is 1. The Labute approximate surface area is 145 Å². The Morgan fingerprint density at radius 2 is 2.08 bits per heavy atom. The zero-order valence-corrected chi connectivity index (χ0v) is 13.6. The summed E-state index contributed by atoms with van der Waals surface area (Å²) in [7, 11) is 0. The van der Waals surface area contributed by atoms with E-state index in [2.05, 4.69) is 20.4 Å². The lowest BCUT2D eigenvalue weighted by molar-refractivity contribution is -0.119. The third-order valence-electron chi connectivity index (χ3n) is 3.50. The molecule has 1 N–H and O–H groups in total. The molecule has 0 fully saturated rings. The van der Waals surface area contributed by atoms with Gasteiger partial charge in [-0.1, -0.05) is 6.92 Å². The third kappa shape index (κ3) is 3.48. The standard InChI is InChI=1S/C16H13F2N5O3/c1-2-13-10(6-19-16-20-8-21-23(13)16)15(25)26-7-14(24)22-12-5-9(17)3-4-11(12)18/h3-6,8H,2,7H2,1H3,(H,22,24). The van der Waals surface area contributed by atoms with Crippen LogP contribution in [0.25, 0.3) is 5.78 Å². The number of nitrogens with zero attached hydrogens (tertiary/aromatic N) is 4. The summed E-state index contributed by atoms with van der Waals surface area (Å²) >= 11 is 0. The molecule has 0 aliphatic carbocycles. The quantitative estimate of drug-likeness (QED) is 0.696. The Morgan fingerprint density at radius 1 is 1.27 bits per heavy atom. The van der Waals surface area contributed by atoms with Crippen LogP contribution in [0.5, 0.6) is 0 Å². The molecule has 0 unspecified atom stereocenters. The van der Waals surface area contributed by atoms with E-state index in [4.69, 9.17) is 4.74 Å². The molecule has 2 aromatic heterocycles. The number of ether oxygens (including phenoxy) is 1. The minimum atomic E-state index is -0.810. The topological polar surface area (TPSA) is 98.5 Å². The molecule has 0 atom stereocenters. The van der Waals surface area contributed by atoms with E-state index in [1.807, 2.05) is 6.92 Å². The number of benzene rings is 1. The smallest absolute Gasteiger partial charge is 0.342 e. The Hall–Kier alpha value is -3.43. The first-order valence-electron chi connectivity index (χ1n) is 7.59. The number of nitrogens with one attached hydrogen (secondary N) is 1. The lowest BCUT2D eigenvalue weighted by Crippen LogP contribution is -2.22. The number of carbonyl (C=O) groups excluding carboxylic acids is 2. The number of fused-ring (bicyclic) bond motifs is 1. The van der Waals surface area contributed by atoms with Gasteiger partial charge in [0.15, 0.2) is 6.61 Å². The fourth-order valence-electron chi connectivity index (χ4n) is 2.32. The average Bonchev–Trinajstić information content (AvgIpc) is 3.10. The van der Waals surface area contributed by atoms with Gasteiger partial charge in [-0.05, 0) is 18.6 Å². The number of aromatic nitrogens is 4. The second-order valence-corrected chi connectivity index (χ2v) is 5.19. The molecule has 0 saturated heterocycles. The molecule has 3 rings (SSSR count). The summed E-state index contributed by atoms with van der Waals surface area (Å²) in [5.41, 5.74) is 0.315. The minimum absolute atomic E-state index is 0.134. The van der Waals surface area contributed by atoms with Gasteiger partial charge >= 0.3 is 5.97 Å². The van der Waals surface area contributed by atoms with Crippen LogP contribution >= 0.6 is 0 Å². The zero-order chi connectivity index (χ0) is 18.7. The van der Waals surface area contributed by atoms with E-state index in [0.717, 1.165) is 18.2 Å². The van der Waals surface area contributed by atoms with Crippen LogP contribution < -0.4 is 5.32 Å². The maximum atomic E-state index is 13.5. The number of esters is 1. The molecule has 26 heavy (non-hydrogen) atoms. The van der Waals surface area contributed by atoms with Gasteiger partial charge in [-0.25, -0.2) is 23.1 Å². The van der Waals surface area contributed by atoms with Crippen LogP contribution in [0.4, 0.5) is 14.5 Å².